The van der Waals surface area contributed by atoms with Crippen LogP contribution in [0.2, 0.25) is 0 Å². The molecule has 19 rings (SSSR count). The molecule has 0 spiro atoms. The van der Waals surface area contributed by atoms with Crippen molar-refractivity contribution in [1.82, 2.24) is 4.57 Å². The van der Waals surface area contributed by atoms with Crippen molar-refractivity contribution in [2.75, 3.05) is 11.4 Å². The molecule has 3 nitrogen and oxygen atoms in total. The molecule has 3 saturated carbocycles. The predicted molar refractivity (Wildman–Crippen MR) is 290 cm³/mol. The van der Waals surface area contributed by atoms with Gasteiger partial charge in [0.2, 0.25) is 0 Å². The minimum Gasteiger partial charge on any atom is -0.459 e. The summed E-state index contributed by atoms with van der Waals surface area (Å²) in [4.78, 5) is 4.37. The van der Waals surface area contributed by atoms with Gasteiger partial charge >= 0.3 is 0 Å². The van der Waals surface area contributed by atoms with E-state index in [1.54, 1.807) is 27.2 Å². The number of rotatable bonds is 2. The average molecular weight is 917 g/mol. The fourth-order valence-corrected chi connectivity index (χ4v) is 19.6. The first-order chi connectivity index (χ1) is 34.7. The lowest BCUT2D eigenvalue weighted by molar-refractivity contribution is 0.408. The number of hydrogen-bond donors (Lipinski definition) is 0. The van der Waals surface area contributed by atoms with E-state index in [1.807, 2.05) is 5.57 Å². The number of hydrogen-bond acceptors (Lipinski definition) is 2. The zero-order valence-electron chi connectivity index (χ0n) is 38.8. The Hall–Kier alpha value is -6.88. The molecule has 0 amide bonds. The lowest BCUT2D eigenvalue weighted by Gasteiger charge is -2.39. The van der Waals surface area contributed by atoms with Gasteiger partial charge in [-0.2, -0.15) is 0 Å². The Morgan fingerprint density at radius 3 is 2.53 bits per heavy atom. The second kappa shape index (κ2) is 12.5. The van der Waals surface area contributed by atoms with Gasteiger partial charge < -0.3 is 13.9 Å². The highest BCUT2D eigenvalue weighted by Gasteiger charge is 2.64. The van der Waals surface area contributed by atoms with Crippen LogP contribution < -0.4 is 4.90 Å². The van der Waals surface area contributed by atoms with Gasteiger partial charge in [-0.1, -0.05) is 145 Å². The van der Waals surface area contributed by atoms with E-state index in [1.165, 1.54) is 120 Å². The fourth-order valence-electron chi connectivity index (χ4n) is 16.8. The summed E-state index contributed by atoms with van der Waals surface area (Å²) in [6.45, 7) is 1.04. The van der Waals surface area contributed by atoms with E-state index in [9.17, 15) is 0 Å². The summed E-state index contributed by atoms with van der Waals surface area (Å²) in [7, 11) is 0.0485. The van der Waals surface area contributed by atoms with E-state index in [4.69, 9.17) is 4.42 Å². The first-order valence-electron chi connectivity index (χ1n) is 26.2. The van der Waals surface area contributed by atoms with Crippen molar-refractivity contribution in [3.63, 3.8) is 0 Å². The predicted octanol–water partition coefficient (Wildman–Crippen LogP) is 16.0. The third kappa shape index (κ3) is 4.28. The normalized spacial score (nSPS) is 29.1. The zero-order chi connectivity index (χ0) is 44.9. The number of furan rings is 1. The van der Waals surface area contributed by atoms with Crippen LogP contribution >= 0.6 is 10.5 Å². The maximum Gasteiger partial charge on any atom is 0.134 e. The Kier molecular flexibility index (Phi) is 6.62. The number of benzene rings is 7. The summed E-state index contributed by atoms with van der Waals surface area (Å²) < 4.78 is 10.3. The van der Waals surface area contributed by atoms with Crippen LogP contribution in [-0.2, 0) is 12.0 Å². The number of fused-ring (bicyclic) bond motifs is 24. The van der Waals surface area contributed by atoms with Crippen molar-refractivity contribution in [1.29, 1.82) is 0 Å². The Bertz CT molecular complexity index is 4190. The van der Waals surface area contributed by atoms with Crippen LogP contribution in [0.3, 0.4) is 0 Å². The molecule has 10 aliphatic rings. The van der Waals surface area contributed by atoms with E-state index < -0.39 is 0 Å². The van der Waals surface area contributed by atoms with E-state index in [2.05, 4.69) is 173 Å². The maximum absolute atomic E-state index is 7.47. The van der Waals surface area contributed by atoms with Gasteiger partial charge in [-0.05, 0) is 147 Å². The van der Waals surface area contributed by atoms with E-state index >= 15 is 0 Å². The molecule has 4 fully saturated rings. The Morgan fingerprint density at radius 2 is 1.56 bits per heavy atom. The topological polar surface area (TPSA) is 21.1 Å². The van der Waals surface area contributed by atoms with Gasteiger partial charge in [-0.25, -0.2) is 0 Å². The molecule has 7 heterocycles. The molecule has 334 valence electrons. The van der Waals surface area contributed by atoms with E-state index in [-0.39, 0.29) is 22.1 Å². The number of anilines is 1. The van der Waals surface area contributed by atoms with E-state index in [0.29, 0.717) is 34.8 Å². The SMILES string of the molecule is C1=CC=S2C(=C1)c1c(ccc3ccccc13)C1CCC(C3=C4CC4c4c(oc5ccccc45)C(n4c5ccccc5c5cc6c7c(c54)-c4ccccc4C4(CN74)c4ccc5c(c4-6)CCC=C5)C4CC34)C12. The van der Waals surface area contributed by atoms with Gasteiger partial charge in [-0.15, -0.1) is 10.5 Å². The monoisotopic (exact) mass is 916 g/mol. The molecule has 1 saturated heterocycles. The third-order valence-corrected chi connectivity index (χ3v) is 22.1. The molecule has 5 aliphatic heterocycles. The van der Waals surface area contributed by atoms with Crippen molar-refractivity contribution in [2.45, 2.75) is 67.2 Å². The van der Waals surface area contributed by atoms with Crippen LogP contribution in [0.1, 0.15) is 94.7 Å². The molecule has 9 unspecified atom stereocenters. The second-order valence-electron chi connectivity index (χ2n) is 22.4. The summed E-state index contributed by atoms with van der Waals surface area (Å²) in [5.41, 5.74) is 25.2. The van der Waals surface area contributed by atoms with Crippen LogP contribution in [0, 0.1) is 17.8 Å². The average Bonchev–Trinajstić information content (AvgIpc) is 4.38. The molecule has 7 aromatic carbocycles. The van der Waals surface area contributed by atoms with Crippen LogP contribution in [0.4, 0.5) is 5.69 Å². The molecule has 0 radical (unpaired) electrons. The molecule has 4 heteroatoms. The second-order valence-corrected chi connectivity index (χ2v) is 24.4. The van der Waals surface area contributed by atoms with Crippen LogP contribution in [-0.4, -0.2) is 21.7 Å². The Balaban J connectivity index is 0.860. The molecule has 2 aromatic heterocycles. The van der Waals surface area contributed by atoms with Crippen LogP contribution in [0.15, 0.2) is 167 Å². The number of allylic oxidation sites excluding steroid dienone is 6. The molecule has 9 aromatic rings. The number of aromatic nitrogens is 1. The quantitative estimate of drug-likeness (QED) is 0.0979. The smallest absolute Gasteiger partial charge is 0.134 e. The standard InChI is InChI=1S/C66H48N2OS/c1-3-15-37-36(14-1)25-29-52-57(37)50-33-48-39-17-6-9-21-53(39)68(62(48)60-42-18-5-8-20-51(42)66(52)34-67(66)61(50)60)63-49-32-47(49)56(45-31-46(45)59-43-19-7-10-22-54(43)69-64(59)63)44-28-27-41-40-26-24-35-13-2-4-16-38(35)58(40)55-23-11-12-30-70(55)65(41)44/h1-2,4-14,16-26,29-30,33,41,44,46-47,49,63,65H,3,15,27-28,31-32,34H2. The summed E-state index contributed by atoms with van der Waals surface area (Å²) >= 11 is 0. The Morgan fingerprint density at radius 1 is 0.700 bits per heavy atom. The highest BCUT2D eigenvalue weighted by atomic mass is 32.2. The molecule has 70 heavy (non-hydrogen) atoms. The molecular weight excluding hydrogens is 869 g/mol. The molecule has 9 atom stereocenters. The lowest BCUT2D eigenvalue weighted by Crippen LogP contribution is -2.28. The van der Waals surface area contributed by atoms with Crippen molar-refractivity contribution in [3.05, 3.63) is 208 Å². The number of nitrogens with zero attached hydrogens (tertiary/aromatic N) is 2. The third-order valence-electron chi connectivity index (χ3n) is 19.5. The summed E-state index contributed by atoms with van der Waals surface area (Å²) in [6.07, 6.45) is 19.1. The van der Waals surface area contributed by atoms with E-state index in [0.717, 1.165) is 25.0 Å². The van der Waals surface area contributed by atoms with Gasteiger partial charge in [0.05, 0.1) is 23.8 Å². The van der Waals surface area contributed by atoms with Crippen molar-refractivity contribution < 1.29 is 4.42 Å². The van der Waals surface area contributed by atoms with Gasteiger partial charge in [0.1, 0.15) is 16.9 Å². The van der Waals surface area contributed by atoms with Gasteiger partial charge in [0, 0.05) is 54.4 Å². The molecule has 5 aliphatic carbocycles. The number of para-hydroxylation sites is 2. The van der Waals surface area contributed by atoms with Gasteiger partial charge in [0.15, 0.2) is 0 Å². The highest BCUT2D eigenvalue weighted by Crippen LogP contribution is 2.73. The van der Waals surface area contributed by atoms with Gasteiger partial charge in [-0.3, -0.25) is 0 Å². The molecule has 0 N–H and O–H groups in total. The fraction of sp³-hybridized carbons (Fsp3) is 0.227. The van der Waals surface area contributed by atoms with Crippen LogP contribution in [0.25, 0.3) is 76.8 Å². The largest absolute Gasteiger partial charge is 0.459 e. The highest BCUT2D eigenvalue weighted by molar-refractivity contribution is 8.23. The Labute approximate surface area is 409 Å². The van der Waals surface area contributed by atoms with Gasteiger partial charge in [0.25, 0.3) is 0 Å². The molecular formula is C66H48N2OS. The summed E-state index contributed by atoms with van der Waals surface area (Å²) in [5, 5.41) is 10.1. The first kappa shape index (κ1) is 37.0. The van der Waals surface area contributed by atoms with Crippen molar-refractivity contribution in [3.8, 4) is 22.3 Å². The summed E-state index contributed by atoms with van der Waals surface area (Å²) in [5.74, 6) is 3.81. The molecule has 2 bridgehead atoms. The van der Waals surface area contributed by atoms with Crippen molar-refractivity contribution >= 4 is 76.1 Å². The lowest BCUT2D eigenvalue weighted by atomic mass is 9.72. The van der Waals surface area contributed by atoms with Crippen LogP contribution in [0.5, 0.6) is 0 Å². The van der Waals surface area contributed by atoms with Crippen molar-refractivity contribution in [2.24, 2.45) is 17.8 Å². The maximum atomic E-state index is 7.47. The first-order valence-corrected chi connectivity index (χ1v) is 27.6. The summed E-state index contributed by atoms with van der Waals surface area (Å²) in [6, 6.07) is 49.8. The minimum atomic E-state index is -0.102. The minimum absolute atomic E-state index is 0.0485. The zero-order valence-corrected chi connectivity index (χ0v) is 39.6.